The van der Waals surface area contributed by atoms with E-state index in [-0.39, 0.29) is 11.9 Å². The summed E-state index contributed by atoms with van der Waals surface area (Å²) in [7, 11) is 0. The molecule has 100 valence electrons. The number of hydrogen-bond donors (Lipinski definition) is 1. The van der Waals surface area contributed by atoms with Gasteiger partial charge in [0.15, 0.2) is 0 Å². The third-order valence-electron chi connectivity index (χ3n) is 3.25. The Hall–Kier alpha value is -1.19. The van der Waals surface area contributed by atoms with Gasteiger partial charge in [-0.2, -0.15) is 0 Å². The number of hydrogen-bond acceptors (Lipinski definition) is 1. The molecule has 0 aliphatic rings. The molecule has 0 aliphatic carbocycles. The van der Waals surface area contributed by atoms with E-state index in [2.05, 4.69) is 40.3 Å². The smallest absolute Gasteiger partial charge is 0.123 e. The highest BCUT2D eigenvalue weighted by Gasteiger charge is 2.06. The summed E-state index contributed by atoms with van der Waals surface area (Å²) in [5.41, 5.74) is 3.34. The summed E-state index contributed by atoms with van der Waals surface area (Å²) in [6.07, 6.45) is 0. The Morgan fingerprint density at radius 2 is 2.00 bits per heavy atom. The van der Waals surface area contributed by atoms with Gasteiger partial charge in [0.1, 0.15) is 5.82 Å². The molecule has 0 aliphatic heterocycles. The second kappa shape index (κ2) is 6.31. The van der Waals surface area contributed by atoms with Crippen molar-refractivity contribution < 1.29 is 4.39 Å². The number of aryl methyl sites for hydroxylation is 1. The van der Waals surface area contributed by atoms with Gasteiger partial charge in [0.05, 0.1) is 0 Å². The maximum atomic E-state index is 13.0. The summed E-state index contributed by atoms with van der Waals surface area (Å²) in [5, 5.41) is 3.46. The highest BCUT2D eigenvalue weighted by Crippen LogP contribution is 2.19. The summed E-state index contributed by atoms with van der Waals surface area (Å²) >= 11 is 3.48. The minimum Gasteiger partial charge on any atom is -0.306 e. The van der Waals surface area contributed by atoms with E-state index in [0.717, 1.165) is 22.1 Å². The zero-order valence-corrected chi connectivity index (χ0v) is 12.7. The Morgan fingerprint density at radius 3 is 2.68 bits per heavy atom. The van der Waals surface area contributed by atoms with Gasteiger partial charge in [0, 0.05) is 17.1 Å². The van der Waals surface area contributed by atoms with Crippen molar-refractivity contribution in [1.29, 1.82) is 0 Å². The maximum Gasteiger partial charge on any atom is 0.123 e. The van der Waals surface area contributed by atoms with Crippen molar-refractivity contribution in [1.82, 2.24) is 5.32 Å². The van der Waals surface area contributed by atoms with E-state index in [4.69, 9.17) is 0 Å². The van der Waals surface area contributed by atoms with Crippen LogP contribution in [0.4, 0.5) is 4.39 Å². The summed E-state index contributed by atoms with van der Waals surface area (Å²) < 4.78 is 14.1. The average Bonchev–Trinajstić information content (AvgIpc) is 2.37. The van der Waals surface area contributed by atoms with Crippen molar-refractivity contribution in [2.75, 3.05) is 0 Å². The van der Waals surface area contributed by atoms with Crippen LogP contribution in [0.3, 0.4) is 0 Å². The second-order valence-corrected chi connectivity index (χ2v) is 5.64. The van der Waals surface area contributed by atoms with Crippen LogP contribution in [0.25, 0.3) is 0 Å². The molecule has 2 aromatic carbocycles. The van der Waals surface area contributed by atoms with Crippen LogP contribution in [0, 0.1) is 12.7 Å². The van der Waals surface area contributed by atoms with Gasteiger partial charge in [0.25, 0.3) is 0 Å². The predicted octanol–water partition coefficient (Wildman–Crippen LogP) is 4.75. The molecule has 0 aromatic heterocycles. The topological polar surface area (TPSA) is 12.0 Å². The zero-order chi connectivity index (χ0) is 13.8. The van der Waals surface area contributed by atoms with Gasteiger partial charge in [0.2, 0.25) is 0 Å². The molecule has 0 heterocycles. The SMILES string of the molecule is Cc1cc(F)ccc1CN[C@H](C)c1cccc(Br)c1. The molecule has 0 bridgehead atoms. The van der Waals surface area contributed by atoms with Gasteiger partial charge in [-0.25, -0.2) is 4.39 Å². The molecule has 2 aromatic rings. The number of halogens is 2. The second-order valence-electron chi connectivity index (χ2n) is 4.73. The average molecular weight is 322 g/mol. The lowest BCUT2D eigenvalue weighted by Crippen LogP contribution is -2.18. The van der Waals surface area contributed by atoms with Crippen molar-refractivity contribution in [2.24, 2.45) is 0 Å². The summed E-state index contributed by atoms with van der Waals surface area (Å²) in [6.45, 7) is 4.80. The number of rotatable bonds is 4. The molecule has 0 amide bonds. The first kappa shape index (κ1) is 14.2. The Labute approximate surface area is 122 Å². The molecule has 0 saturated heterocycles. The van der Waals surface area contributed by atoms with Gasteiger partial charge in [-0.15, -0.1) is 0 Å². The quantitative estimate of drug-likeness (QED) is 0.857. The highest BCUT2D eigenvalue weighted by atomic mass is 79.9. The van der Waals surface area contributed by atoms with Crippen molar-refractivity contribution in [3.05, 3.63) is 69.4 Å². The lowest BCUT2D eigenvalue weighted by Gasteiger charge is -2.15. The monoisotopic (exact) mass is 321 g/mol. The number of benzene rings is 2. The van der Waals surface area contributed by atoms with E-state index in [0.29, 0.717) is 0 Å². The van der Waals surface area contributed by atoms with Crippen LogP contribution < -0.4 is 5.32 Å². The third kappa shape index (κ3) is 3.88. The fraction of sp³-hybridized carbons (Fsp3) is 0.250. The maximum absolute atomic E-state index is 13.0. The molecule has 0 saturated carbocycles. The Kier molecular flexibility index (Phi) is 4.72. The van der Waals surface area contributed by atoms with Crippen molar-refractivity contribution in [2.45, 2.75) is 26.4 Å². The lowest BCUT2D eigenvalue weighted by molar-refractivity contribution is 0.571. The molecule has 1 N–H and O–H groups in total. The molecular formula is C16H17BrFN. The van der Waals surface area contributed by atoms with E-state index in [1.807, 2.05) is 25.1 Å². The standard InChI is InChI=1S/C16H17BrFN/c1-11-8-16(18)7-6-14(11)10-19-12(2)13-4-3-5-15(17)9-13/h3-9,12,19H,10H2,1-2H3/t12-/m1/s1. The van der Waals surface area contributed by atoms with Crippen LogP contribution in [-0.2, 0) is 6.54 Å². The predicted molar refractivity (Wildman–Crippen MR) is 80.5 cm³/mol. The fourth-order valence-corrected chi connectivity index (χ4v) is 2.43. The van der Waals surface area contributed by atoms with Crippen LogP contribution in [-0.4, -0.2) is 0 Å². The molecule has 1 atom stereocenters. The molecule has 0 spiro atoms. The molecule has 2 rings (SSSR count). The van der Waals surface area contributed by atoms with Crippen LogP contribution in [0.15, 0.2) is 46.9 Å². The van der Waals surface area contributed by atoms with E-state index >= 15 is 0 Å². The summed E-state index contributed by atoms with van der Waals surface area (Å²) in [4.78, 5) is 0. The van der Waals surface area contributed by atoms with E-state index in [1.165, 1.54) is 11.6 Å². The van der Waals surface area contributed by atoms with Gasteiger partial charge in [-0.05, 0) is 54.8 Å². The van der Waals surface area contributed by atoms with Crippen LogP contribution in [0.5, 0.6) is 0 Å². The first-order valence-corrected chi connectivity index (χ1v) is 7.09. The largest absolute Gasteiger partial charge is 0.306 e. The van der Waals surface area contributed by atoms with E-state index in [9.17, 15) is 4.39 Å². The first-order valence-electron chi connectivity index (χ1n) is 6.30. The lowest BCUT2D eigenvalue weighted by atomic mass is 10.1. The van der Waals surface area contributed by atoms with Gasteiger partial charge >= 0.3 is 0 Å². The van der Waals surface area contributed by atoms with Gasteiger partial charge < -0.3 is 5.32 Å². The van der Waals surface area contributed by atoms with Crippen molar-refractivity contribution in [3.8, 4) is 0 Å². The number of nitrogens with one attached hydrogen (secondary N) is 1. The zero-order valence-electron chi connectivity index (χ0n) is 11.1. The van der Waals surface area contributed by atoms with Crippen LogP contribution in [0.2, 0.25) is 0 Å². The normalized spacial score (nSPS) is 12.4. The molecule has 0 fully saturated rings. The minimum atomic E-state index is -0.179. The summed E-state index contributed by atoms with van der Waals surface area (Å²) in [5.74, 6) is -0.179. The van der Waals surface area contributed by atoms with Gasteiger partial charge in [-0.1, -0.05) is 34.1 Å². The fourth-order valence-electron chi connectivity index (χ4n) is 2.01. The van der Waals surface area contributed by atoms with Crippen LogP contribution >= 0.6 is 15.9 Å². The summed E-state index contributed by atoms with van der Waals surface area (Å²) in [6, 6.07) is 13.4. The van der Waals surface area contributed by atoms with E-state index in [1.54, 1.807) is 6.07 Å². The minimum absolute atomic E-state index is 0.179. The molecule has 0 unspecified atom stereocenters. The molecule has 3 heteroatoms. The van der Waals surface area contributed by atoms with E-state index < -0.39 is 0 Å². The third-order valence-corrected chi connectivity index (χ3v) is 3.75. The molecular weight excluding hydrogens is 305 g/mol. The Balaban J connectivity index is 2.02. The van der Waals surface area contributed by atoms with Crippen LogP contribution in [0.1, 0.15) is 29.7 Å². The first-order chi connectivity index (χ1) is 9.06. The molecule has 0 radical (unpaired) electrons. The van der Waals surface area contributed by atoms with Crippen molar-refractivity contribution in [3.63, 3.8) is 0 Å². The molecule has 1 nitrogen and oxygen atoms in total. The Morgan fingerprint density at radius 1 is 1.21 bits per heavy atom. The Bertz CT molecular complexity index is 568. The molecule has 19 heavy (non-hydrogen) atoms. The van der Waals surface area contributed by atoms with Gasteiger partial charge in [-0.3, -0.25) is 0 Å². The van der Waals surface area contributed by atoms with Crippen molar-refractivity contribution >= 4 is 15.9 Å². The highest BCUT2D eigenvalue weighted by molar-refractivity contribution is 9.10.